The molecule has 0 unspecified atom stereocenters. The molecule has 0 fully saturated rings. The number of ether oxygens (including phenoxy) is 1. The molecule has 0 aliphatic carbocycles. The summed E-state index contributed by atoms with van der Waals surface area (Å²) in [6.07, 6.45) is 3.59. The lowest BCUT2D eigenvalue weighted by Gasteiger charge is -2.17. The van der Waals surface area contributed by atoms with Gasteiger partial charge in [0.2, 0.25) is 0 Å². The van der Waals surface area contributed by atoms with E-state index in [9.17, 15) is 0 Å². The molecule has 0 bridgehead atoms. The van der Waals surface area contributed by atoms with Gasteiger partial charge in [0.05, 0.1) is 17.8 Å². The predicted octanol–water partition coefficient (Wildman–Crippen LogP) is 2.38. The summed E-state index contributed by atoms with van der Waals surface area (Å²) in [4.78, 5) is 11.0. The van der Waals surface area contributed by atoms with Gasteiger partial charge in [0.15, 0.2) is 0 Å². The van der Waals surface area contributed by atoms with Crippen molar-refractivity contribution in [2.45, 2.75) is 0 Å². The Morgan fingerprint density at radius 1 is 1.35 bits per heavy atom. The molecule has 20 heavy (non-hydrogen) atoms. The fraction of sp³-hybridized carbons (Fsp3) is 0.429. The van der Waals surface area contributed by atoms with Crippen molar-refractivity contribution < 1.29 is 4.74 Å². The number of nitrogens with one attached hydrogen (secondary N) is 1. The number of rotatable bonds is 7. The van der Waals surface area contributed by atoms with E-state index in [2.05, 4.69) is 43.2 Å². The van der Waals surface area contributed by atoms with Gasteiger partial charge in [-0.2, -0.15) is 0 Å². The Balaban J connectivity index is 1.96. The topological polar surface area (TPSA) is 50.3 Å². The monoisotopic (exact) mass is 338 g/mol. The summed E-state index contributed by atoms with van der Waals surface area (Å²) in [6, 6.07) is 3.93. The predicted molar refractivity (Wildman–Crippen MR) is 85.1 cm³/mol. The van der Waals surface area contributed by atoms with Crippen LogP contribution in [0.1, 0.15) is 0 Å². The minimum atomic E-state index is 0.754. The highest BCUT2D eigenvalue weighted by atomic mass is 79.9. The van der Waals surface area contributed by atoms with Crippen LogP contribution in [0.4, 0.5) is 5.69 Å². The molecule has 0 spiro atoms. The average Bonchev–Trinajstić information content (AvgIpc) is 2.45. The second kappa shape index (κ2) is 7.52. The van der Waals surface area contributed by atoms with Crippen molar-refractivity contribution in [1.82, 2.24) is 14.9 Å². The molecule has 2 rings (SSSR count). The molecule has 2 aromatic rings. The number of anilines is 1. The highest BCUT2D eigenvalue weighted by molar-refractivity contribution is 9.10. The third-order valence-corrected chi connectivity index (χ3v) is 3.46. The van der Waals surface area contributed by atoms with Crippen molar-refractivity contribution in [3.05, 3.63) is 29.0 Å². The smallest absolute Gasteiger partial charge is 0.112 e. The van der Waals surface area contributed by atoms with Crippen molar-refractivity contribution >= 4 is 32.7 Å². The molecule has 2 aromatic heterocycles. The van der Waals surface area contributed by atoms with E-state index in [0.29, 0.717) is 0 Å². The minimum absolute atomic E-state index is 0.754. The largest absolute Gasteiger partial charge is 0.383 e. The zero-order chi connectivity index (χ0) is 14.4. The summed E-state index contributed by atoms with van der Waals surface area (Å²) in [5, 5.41) is 3.41. The molecule has 0 saturated carbocycles. The van der Waals surface area contributed by atoms with Crippen LogP contribution < -0.4 is 5.32 Å². The second-order valence-electron chi connectivity index (χ2n) is 4.60. The fourth-order valence-corrected chi connectivity index (χ4v) is 2.21. The zero-order valence-electron chi connectivity index (χ0n) is 11.8. The molecule has 0 radical (unpaired) electrons. The molecule has 5 nitrogen and oxygen atoms in total. The third kappa shape index (κ3) is 4.13. The van der Waals surface area contributed by atoms with Crippen molar-refractivity contribution in [2.75, 3.05) is 45.7 Å². The van der Waals surface area contributed by atoms with Gasteiger partial charge in [-0.25, -0.2) is 0 Å². The minimum Gasteiger partial charge on any atom is -0.383 e. The summed E-state index contributed by atoms with van der Waals surface area (Å²) in [5.74, 6) is 0. The van der Waals surface area contributed by atoms with Gasteiger partial charge in [-0.05, 0) is 35.1 Å². The van der Waals surface area contributed by atoms with Crippen LogP contribution >= 0.6 is 15.9 Å². The first kappa shape index (κ1) is 15.2. The zero-order valence-corrected chi connectivity index (χ0v) is 13.4. The Bertz CT molecular complexity index is 564. The summed E-state index contributed by atoms with van der Waals surface area (Å²) in [5.41, 5.74) is 2.80. The quantitative estimate of drug-likeness (QED) is 0.839. The number of nitrogens with zero attached hydrogens (tertiary/aromatic N) is 3. The van der Waals surface area contributed by atoms with E-state index in [1.807, 2.05) is 12.1 Å². The highest BCUT2D eigenvalue weighted by Crippen LogP contribution is 2.21. The van der Waals surface area contributed by atoms with E-state index in [1.54, 1.807) is 19.5 Å². The molecular weight excluding hydrogens is 320 g/mol. The van der Waals surface area contributed by atoms with Gasteiger partial charge in [-0.1, -0.05) is 0 Å². The van der Waals surface area contributed by atoms with Gasteiger partial charge in [-0.3, -0.25) is 9.97 Å². The van der Waals surface area contributed by atoms with Crippen molar-refractivity contribution in [1.29, 1.82) is 0 Å². The number of hydrogen-bond donors (Lipinski definition) is 1. The molecular formula is C14H19BrN4O. The van der Waals surface area contributed by atoms with Gasteiger partial charge >= 0.3 is 0 Å². The summed E-state index contributed by atoms with van der Waals surface area (Å²) >= 11 is 3.41. The molecule has 0 amide bonds. The standard InChI is InChI=1S/C14H19BrN4O/c1-19(7-8-20-2)6-5-17-12-3-4-16-13-9-11(15)10-18-14(12)13/h3-4,9-10H,5-8H2,1-2H3,(H,16,17). The molecule has 0 atom stereocenters. The van der Waals surface area contributed by atoms with E-state index >= 15 is 0 Å². The number of aromatic nitrogens is 2. The SMILES string of the molecule is COCCN(C)CCNc1ccnc2cc(Br)cnc12. The first-order chi connectivity index (χ1) is 9.70. The van der Waals surface area contributed by atoms with Gasteiger partial charge in [-0.15, -0.1) is 0 Å². The van der Waals surface area contributed by atoms with Crippen LogP contribution in [0.5, 0.6) is 0 Å². The molecule has 108 valence electrons. The lowest BCUT2D eigenvalue weighted by atomic mass is 10.3. The maximum atomic E-state index is 5.06. The third-order valence-electron chi connectivity index (χ3n) is 3.03. The van der Waals surface area contributed by atoms with E-state index in [-0.39, 0.29) is 0 Å². The number of fused-ring (bicyclic) bond motifs is 1. The number of methoxy groups -OCH3 is 1. The van der Waals surface area contributed by atoms with Gasteiger partial charge < -0.3 is 15.0 Å². The fourth-order valence-electron chi connectivity index (χ4n) is 1.89. The number of pyridine rings is 2. The lowest BCUT2D eigenvalue weighted by Crippen LogP contribution is -2.28. The van der Waals surface area contributed by atoms with Crippen LogP contribution in [-0.2, 0) is 4.74 Å². The first-order valence-corrected chi connectivity index (χ1v) is 7.31. The maximum Gasteiger partial charge on any atom is 0.112 e. The van der Waals surface area contributed by atoms with Crippen molar-refractivity contribution in [2.24, 2.45) is 0 Å². The Morgan fingerprint density at radius 2 is 2.20 bits per heavy atom. The number of halogens is 1. The van der Waals surface area contributed by atoms with E-state index in [1.165, 1.54) is 0 Å². The Morgan fingerprint density at radius 3 is 3.00 bits per heavy atom. The maximum absolute atomic E-state index is 5.06. The summed E-state index contributed by atoms with van der Waals surface area (Å²) < 4.78 is 6.00. The molecule has 2 heterocycles. The normalized spacial score (nSPS) is 11.2. The van der Waals surface area contributed by atoms with E-state index in [0.717, 1.165) is 47.4 Å². The molecule has 0 aromatic carbocycles. The molecule has 0 aliphatic rings. The number of likely N-dealkylation sites (N-methyl/N-ethyl adjacent to an activating group) is 1. The van der Waals surface area contributed by atoms with Gasteiger partial charge in [0.25, 0.3) is 0 Å². The lowest BCUT2D eigenvalue weighted by molar-refractivity contribution is 0.163. The highest BCUT2D eigenvalue weighted by Gasteiger charge is 2.04. The Kier molecular flexibility index (Phi) is 5.70. The van der Waals surface area contributed by atoms with Crippen LogP contribution in [0.25, 0.3) is 11.0 Å². The van der Waals surface area contributed by atoms with Crippen molar-refractivity contribution in [3.8, 4) is 0 Å². The van der Waals surface area contributed by atoms with Crippen LogP contribution in [0.2, 0.25) is 0 Å². The van der Waals surface area contributed by atoms with E-state index in [4.69, 9.17) is 4.74 Å². The molecule has 0 aliphatic heterocycles. The Hall–Kier alpha value is -1.24. The van der Waals surface area contributed by atoms with Crippen LogP contribution in [0, 0.1) is 0 Å². The van der Waals surface area contributed by atoms with Crippen LogP contribution in [-0.4, -0.2) is 55.3 Å². The number of hydrogen-bond acceptors (Lipinski definition) is 5. The van der Waals surface area contributed by atoms with Gasteiger partial charge in [0, 0.05) is 43.6 Å². The van der Waals surface area contributed by atoms with Crippen LogP contribution in [0.15, 0.2) is 29.0 Å². The molecule has 1 N–H and O–H groups in total. The first-order valence-electron chi connectivity index (χ1n) is 6.52. The van der Waals surface area contributed by atoms with Gasteiger partial charge in [0.1, 0.15) is 5.52 Å². The van der Waals surface area contributed by atoms with Crippen LogP contribution in [0.3, 0.4) is 0 Å². The molecule has 0 saturated heterocycles. The van der Waals surface area contributed by atoms with E-state index < -0.39 is 0 Å². The van der Waals surface area contributed by atoms with Crippen molar-refractivity contribution in [3.63, 3.8) is 0 Å². The summed E-state index contributed by atoms with van der Waals surface area (Å²) in [6.45, 7) is 3.49. The molecule has 6 heteroatoms. The summed E-state index contributed by atoms with van der Waals surface area (Å²) in [7, 11) is 3.81. The average molecular weight is 339 g/mol. The Labute approximate surface area is 127 Å². The second-order valence-corrected chi connectivity index (χ2v) is 5.52.